The lowest BCUT2D eigenvalue weighted by Crippen LogP contribution is -2.45. The maximum atomic E-state index is 12.8. The molecule has 2 amide bonds. The van der Waals surface area contributed by atoms with E-state index in [9.17, 15) is 14.8 Å². The molecule has 0 radical (unpaired) electrons. The Balaban J connectivity index is 1.75. The maximum Gasteiger partial charge on any atom is 0.254 e. The van der Waals surface area contributed by atoms with Crippen molar-refractivity contribution in [3.05, 3.63) is 106 Å². The van der Waals surface area contributed by atoms with Crippen LogP contribution < -0.4 is 10.2 Å². The molecule has 0 aliphatic carbocycles. The van der Waals surface area contributed by atoms with Crippen molar-refractivity contribution in [3.8, 4) is 6.07 Å². The first-order valence-electron chi connectivity index (χ1n) is 11.4. The normalized spacial score (nSPS) is 11.4. The largest absolute Gasteiger partial charge is 0.752 e. The summed E-state index contributed by atoms with van der Waals surface area (Å²) >= 11 is 12.2. The Morgan fingerprint density at radius 3 is 2.37 bits per heavy atom. The Bertz CT molecular complexity index is 1320. The van der Waals surface area contributed by atoms with Gasteiger partial charge in [-0.1, -0.05) is 60.1 Å². The first-order chi connectivity index (χ1) is 18.3. The third-order valence-electron chi connectivity index (χ3n) is 5.30. The number of amides is 2. The van der Waals surface area contributed by atoms with Gasteiger partial charge in [-0.25, -0.2) is 9.97 Å². The molecule has 0 spiro atoms. The van der Waals surface area contributed by atoms with E-state index in [0.717, 1.165) is 17.5 Å². The first kappa shape index (κ1) is 28.3. The second-order valence-electron chi connectivity index (χ2n) is 7.81. The van der Waals surface area contributed by atoms with Crippen molar-refractivity contribution < 1.29 is 9.59 Å². The van der Waals surface area contributed by atoms with E-state index in [4.69, 9.17) is 28.5 Å². The Morgan fingerprint density at radius 2 is 1.76 bits per heavy atom. The number of benzene rings is 2. The molecule has 0 saturated heterocycles. The molecule has 9 nitrogen and oxygen atoms in total. The number of hydrogen-bond donors (Lipinski definition) is 1. The summed E-state index contributed by atoms with van der Waals surface area (Å²) < 4.78 is 0. The van der Waals surface area contributed by atoms with E-state index in [2.05, 4.69) is 27.9 Å². The number of carbonyl (C=O) groups is 2. The van der Waals surface area contributed by atoms with Crippen LogP contribution in [0, 0.1) is 16.5 Å². The molecule has 194 valence electrons. The fraction of sp³-hybridized carbons (Fsp3) is 0.148. The van der Waals surface area contributed by atoms with Crippen LogP contribution in [0.25, 0.3) is 6.08 Å². The molecular weight excluding hydrogens is 527 g/mol. The van der Waals surface area contributed by atoms with Crippen LogP contribution in [0.4, 0.5) is 11.6 Å². The minimum Gasteiger partial charge on any atom is -0.752 e. The highest BCUT2D eigenvalue weighted by atomic mass is 35.5. The van der Waals surface area contributed by atoms with Crippen LogP contribution in [-0.4, -0.2) is 39.4 Å². The van der Waals surface area contributed by atoms with Gasteiger partial charge in [-0.05, 0) is 48.5 Å². The predicted molar refractivity (Wildman–Crippen MR) is 147 cm³/mol. The van der Waals surface area contributed by atoms with Gasteiger partial charge >= 0.3 is 0 Å². The van der Waals surface area contributed by atoms with Crippen LogP contribution in [0.2, 0.25) is 10.0 Å². The molecule has 2 aromatic carbocycles. The lowest BCUT2D eigenvalue weighted by atomic mass is 10.1. The Morgan fingerprint density at radius 1 is 1.11 bits per heavy atom. The van der Waals surface area contributed by atoms with E-state index in [1.54, 1.807) is 36.7 Å². The number of hydroxylamine groups is 2. The van der Waals surface area contributed by atoms with Crippen LogP contribution in [0.5, 0.6) is 0 Å². The van der Waals surface area contributed by atoms with Gasteiger partial charge in [0.15, 0.2) is 0 Å². The van der Waals surface area contributed by atoms with Crippen LogP contribution in [0.1, 0.15) is 28.8 Å². The van der Waals surface area contributed by atoms with E-state index in [0.29, 0.717) is 18.9 Å². The lowest BCUT2D eigenvalue weighted by molar-refractivity contribution is -0.128. The van der Waals surface area contributed by atoms with Crippen molar-refractivity contribution in [1.29, 1.82) is 5.26 Å². The molecule has 3 aromatic rings. The zero-order valence-electron chi connectivity index (χ0n) is 20.1. The smallest absolute Gasteiger partial charge is 0.254 e. The van der Waals surface area contributed by atoms with E-state index >= 15 is 0 Å². The van der Waals surface area contributed by atoms with Crippen molar-refractivity contribution in [3.63, 3.8) is 0 Å². The van der Waals surface area contributed by atoms with Crippen LogP contribution in [0.15, 0.2) is 79.8 Å². The molecule has 1 N–H and O–H groups in total. The minimum atomic E-state index is -1.18. The van der Waals surface area contributed by atoms with Gasteiger partial charge < -0.3 is 20.5 Å². The molecule has 3 rings (SSSR count). The highest BCUT2D eigenvalue weighted by molar-refractivity contribution is 6.39. The van der Waals surface area contributed by atoms with Gasteiger partial charge in [0.25, 0.3) is 5.91 Å². The molecule has 38 heavy (non-hydrogen) atoms. The predicted octanol–water partition coefficient (Wildman–Crippen LogP) is 5.51. The minimum absolute atomic E-state index is 0.00704. The average molecular weight is 550 g/mol. The topological polar surface area (TPSA) is 125 Å². The van der Waals surface area contributed by atoms with Gasteiger partial charge in [-0.3, -0.25) is 9.59 Å². The number of nitrogens with zero attached hydrogens (tertiary/aromatic N) is 5. The van der Waals surface area contributed by atoms with Crippen molar-refractivity contribution in [1.82, 2.24) is 20.3 Å². The fourth-order valence-corrected chi connectivity index (χ4v) is 4.02. The summed E-state index contributed by atoms with van der Waals surface area (Å²) in [6.45, 7) is 3.73. The Hall–Kier alpha value is -4.23. The third-order valence-corrected chi connectivity index (χ3v) is 5.93. The van der Waals surface area contributed by atoms with Crippen molar-refractivity contribution in [2.24, 2.45) is 0 Å². The molecule has 0 fully saturated rings. The maximum absolute atomic E-state index is 12.8. The number of rotatable bonds is 11. The molecule has 0 saturated carbocycles. The summed E-state index contributed by atoms with van der Waals surface area (Å²) in [7, 11) is 0. The lowest BCUT2D eigenvalue weighted by Gasteiger charge is -2.28. The SMILES string of the molecule is C=CN([O-])C(=O)C(C/C=C/c1ccc(N(CCC#N)c2ncccn2)cc1)NC(=O)c1c(Cl)cccc1Cl. The molecule has 11 heteroatoms. The molecule has 1 heterocycles. The van der Waals surface area contributed by atoms with E-state index in [1.165, 1.54) is 12.1 Å². The number of nitriles is 1. The number of halogens is 2. The van der Waals surface area contributed by atoms with Gasteiger partial charge in [0, 0.05) is 24.6 Å². The van der Waals surface area contributed by atoms with Gasteiger partial charge in [0.2, 0.25) is 11.9 Å². The number of hydrogen-bond acceptors (Lipinski definition) is 7. The van der Waals surface area contributed by atoms with Gasteiger partial charge in [0.05, 0.1) is 28.1 Å². The van der Waals surface area contributed by atoms with Crippen LogP contribution in [-0.2, 0) is 4.79 Å². The van der Waals surface area contributed by atoms with Crippen molar-refractivity contribution in [2.75, 3.05) is 11.4 Å². The zero-order valence-corrected chi connectivity index (χ0v) is 21.6. The molecule has 0 aliphatic heterocycles. The molecule has 0 aliphatic rings. The van der Waals surface area contributed by atoms with E-state index in [1.807, 2.05) is 29.2 Å². The summed E-state index contributed by atoms with van der Waals surface area (Å²) in [5.41, 5.74) is 1.61. The van der Waals surface area contributed by atoms with Gasteiger partial charge in [0.1, 0.15) is 6.04 Å². The Kier molecular flexibility index (Phi) is 10.4. The van der Waals surface area contributed by atoms with Crippen molar-refractivity contribution in [2.45, 2.75) is 18.9 Å². The second kappa shape index (κ2) is 13.9. The zero-order chi connectivity index (χ0) is 27.5. The summed E-state index contributed by atoms with van der Waals surface area (Å²) in [6, 6.07) is 14.6. The van der Waals surface area contributed by atoms with Crippen LogP contribution in [0.3, 0.4) is 0 Å². The molecular formula is C27H23Cl2N6O3-. The highest BCUT2D eigenvalue weighted by Gasteiger charge is 2.23. The van der Waals surface area contributed by atoms with Gasteiger partial charge in [-0.15, -0.1) is 0 Å². The number of anilines is 2. The summed E-state index contributed by atoms with van der Waals surface area (Å²) in [6.07, 6.45) is 7.81. The molecule has 1 atom stereocenters. The highest BCUT2D eigenvalue weighted by Crippen LogP contribution is 2.25. The third kappa shape index (κ3) is 7.40. The van der Waals surface area contributed by atoms with Crippen LogP contribution >= 0.6 is 23.2 Å². The monoisotopic (exact) mass is 549 g/mol. The summed E-state index contributed by atoms with van der Waals surface area (Å²) in [5, 5.41) is 23.8. The van der Waals surface area contributed by atoms with Crippen molar-refractivity contribution >= 4 is 52.7 Å². The van der Waals surface area contributed by atoms with Gasteiger partial charge in [-0.2, -0.15) is 5.26 Å². The second-order valence-corrected chi connectivity index (χ2v) is 8.62. The molecule has 1 aromatic heterocycles. The fourth-order valence-electron chi connectivity index (χ4n) is 3.45. The summed E-state index contributed by atoms with van der Waals surface area (Å²) in [4.78, 5) is 35.7. The quantitative estimate of drug-likeness (QED) is 0.312. The molecule has 1 unspecified atom stereocenters. The first-order valence-corrected chi connectivity index (χ1v) is 12.2. The number of aromatic nitrogens is 2. The number of carbonyl (C=O) groups excluding carboxylic acids is 2. The summed E-state index contributed by atoms with van der Waals surface area (Å²) in [5.74, 6) is -1.10. The molecule has 0 bridgehead atoms. The van der Waals surface area contributed by atoms with E-state index < -0.39 is 17.9 Å². The average Bonchev–Trinajstić information content (AvgIpc) is 2.93. The van der Waals surface area contributed by atoms with E-state index in [-0.39, 0.29) is 27.1 Å². The Labute approximate surface area is 230 Å². The standard InChI is InChI=1S/C27H23Cl2N6O3/c1-2-35(38)26(37)23(33-25(36)24-21(28)8-4-9-22(24)29)10-3-7-19-11-13-20(14-12-19)34(18-5-15-30)27-31-16-6-17-32-27/h2-4,6-9,11-14,16-17,23H,1,5,10,18H2,(H,33,36)/q-1/b7-3+. The number of nitrogens with one attached hydrogen (secondary N) is 1.